The number of amides is 1. The van der Waals surface area contributed by atoms with Crippen LogP contribution in [0.4, 0.5) is 0 Å². The summed E-state index contributed by atoms with van der Waals surface area (Å²) in [5.41, 5.74) is 4.06. The Kier molecular flexibility index (Phi) is 6.55. The molecule has 2 aromatic rings. The molecule has 24 heavy (non-hydrogen) atoms. The lowest BCUT2D eigenvalue weighted by molar-refractivity contribution is -0.123. The normalized spacial score (nSPS) is 11.8. The Morgan fingerprint density at radius 1 is 1.17 bits per heavy atom. The monoisotopic (exact) mass is 327 g/mol. The van der Waals surface area contributed by atoms with Gasteiger partial charge in [0.15, 0.2) is 0 Å². The molecule has 2 rings (SSSR count). The van der Waals surface area contributed by atoms with E-state index in [1.807, 2.05) is 62.4 Å². The lowest BCUT2D eigenvalue weighted by Crippen LogP contribution is -2.43. The van der Waals surface area contributed by atoms with E-state index in [1.165, 1.54) is 0 Å². The minimum absolute atomic E-state index is 0.203. The summed E-state index contributed by atoms with van der Waals surface area (Å²) in [6.45, 7) is 3.98. The summed E-state index contributed by atoms with van der Waals surface area (Å²) in [5, 5.41) is 20.9. The Morgan fingerprint density at radius 2 is 1.88 bits per heavy atom. The number of carbonyl (C=O) groups excluding carboxylic acids is 1. The van der Waals surface area contributed by atoms with Crippen LogP contribution in [0.5, 0.6) is 0 Å². The van der Waals surface area contributed by atoms with Crippen LogP contribution in [0.25, 0.3) is 0 Å². The van der Waals surface area contributed by atoms with Crippen LogP contribution in [0.3, 0.4) is 0 Å². The highest BCUT2D eigenvalue weighted by molar-refractivity contribution is 6.32. The van der Waals surface area contributed by atoms with Crippen molar-refractivity contribution >= 4 is 13.2 Å². The summed E-state index contributed by atoms with van der Waals surface area (Å²) in [6, 6.07) is 15.3. The van der Waals surface area contributed by atoms with Crippen molar-refractivity contribution in [2.45, 2.75) is 32.9 Å². The van der Waals surface area contributed by atoms with Gasteiger partial charge in [-0.1, -0.05) is 54.1 Å². The van der Waals surface area contributed by atoms with Gasteiger partial charge in [-0.25, -0.2) is 0 Å². The second-order valence-electron chi connectivity index (χ2n) is 5.81. The van der Waals surface area contributed by atoms with E-state index in [4.69, 9.17) is 14.7 Å². The van der Waals surface area contributed by atoms with Crippen molar-refractivity contribution in [3.8, 4) is 0 Å². The largest absolute Gasteiger partial charge is 0.635 e. The van der Waals surface area contributed by atoms with E-state index in [1.54, 1.807) is 0 Å². The van der Waals surface area contributed by atoms with Crippen molar-refractivity contribution in [1.29, 1.82) is 0 Å². The van der Waals surface area contributed by atoms with Crippen molar-refractivity contribution in [3.63, 3.8) is 0 Å². The first-order chi connectivity index (χ1) is 11.4. The molecule has 0 saturated heterocycles. The van der Waals surface area contributed by atoms with Crippen molar-refractivity contribution in [2.75, 3.05) is 0 Å². The van der Waals surface area contributed by atoms with Crippen LogP contribution in [0.1, 0.15) is 22.3 Å². The highest BCUT2D eigenvalue weighted by Gasteiger charge is 2.21. The maximum atomic E-state index is 12.2. The molecule has 0 radical (unpaired) electrons. The third-order valence-electron chi connectivity index (χ3n) is 3.72. The molecular formula is C18H22BNO4. The molecular weight excluding hydrogens is 305 g/mol. The Morgan fingerprint density at radius 3 is 2.50 bits per heavy atom. The van der Waals surface area contributed by atoms with Gasteiger partial charge in [0.1, 0.15) is 6.23 Å². The van der Waals surface area contributed by atoms with Gasteiger partial charge in [-0.3, -0.25) is 4.79 Å². The van der Waals surface area contributed by atoms with Crippen LogP contribution in [0.15, 0.2) is 48.5 Å². The van der Waals surface area contributed by atoms with Crippen LogP contribution in [-0.4, -0.2) is 29.5 Å². The predicted octanol–water partition coefficient (Wildman–Crippen LogP) is 1.52. The molecule has 0 spiro atoms. The molecule has 0 saturated carbocycles. The van der Waals surface area contributed by atoms with E-state index in [-0.39, 0.29) is 12.3 Å². The highest BCUT2D eigenvalue weighted by atomic mass is 16.6. The van der Waals surface area contributed by atoms with Gasteiger partial charge >= 0.3 is 7.32 Å². The number of benzene rings is 2. The minimum Gasteiger partial charge on any atom is -0.402 e. The fraction of sp³-hybridized carbons (Fsp3) is 0.278. The lowest BCUT2D eigenvalue weighted by Gasteiger charge is -2.20. The lowest BCUT2D eigenvalue weighted by atomic mass is 10.0. The van der Waals surface area contributed by atoms with Crippen molar-refractivity contribution in [2.24, 2.45) is 0 Å². The number of rotatable bonds is 7. The van der Waals surface area contributed by atoms with Gasteiger partial charge < -0.3 is 20.0 Å². The number of hydrogen-bond acceptors (Lipinski definition) is 4. The van der Waals surface area contributed by atoms with Crippen LogP contribution >= 0.6 is 0 Å². The zero-order valence-corrected chi connectivity index (χ0v) is 13.9. The maximum Gasteiger partial charge on any atom is 0.635 e. The van der Waals surface area contributed by atoms with E-state index >= 15 is 0 Å². The summed E-state index contributed by atoms with van der Waals surface area (Å²) in [4.78, 5) is 12.2. The van der Waals surface area contributed by atoms with Gasteiger partial charge in [0.25, 0.3) is 0 Å². The van der Waals surface area contributed by atoms with Gasteiger partial charge in [-0.05, 0) is 30.5 Å². The molecule has 0 bridgehead atoms. The number of nitrogens with one attached hydrogen (secondary N) is 1. The quantitative estimate of drug-likeness (QED) is 0.532. The highest BCUT2D eigenvalue weighted by Crippen LogP contribution is 2.13. The van der Waals surface area contributed by atoms with Crippen LogP contribution < -0.4 is 5.32 Å². The van der Waals surface area contributed by atoms with Crippen LogP contribution in [-0.2, 0) is 22.3 Å². The molecule has 3 N–H and O–H groups in total. The molecule has 0 fully saturated rings. The standard InChI is InChI=1S/C18H22BNO4/c1-13-8-9-16(14(2)10-13)12-18(24-19(22)23)20-17(21)11-15-6-4-3-5-7-15/h3-10,18,22-23H,11-12H2,1-2H3,(H,20,21)/t18-/m1/s1. The second kappa shape index (κ2) is 8.64. The molecule has 0 unspecified atom stereocenters. The third kappa shape index (κ3) is 5.81. The predicted molar refractivity (Wildman–Crippen MR) is 93.0 cm³/mol. The first-order valence-corrected chi connectivity index (χ1v) is 7.85. The fourth-order valence-corrected chi connectivity index (χ4v) is 2.57. The number of carbonyl (C=O) groups is 1. The van der Waals surface area contributed by atoms with E-state index in [2.05, 4.69) is 5.32 Å². The third-order valence-corrected chi connectivity index (χ3v) is 3.72. The van der Waals surface area contributed by atoms with Crippen molar-refractivity contribution in [3.05, 3.63) is 70.8 Å². The zero-order chi connectivity index (χ0) is 17.5. The van der Waals surface area contributed by atoms with Gasteiger partial charge in [-0.2, -0.15) is 0 Å². The Hall–Kier alpha value is -2.15. The molecule has 0 aliphatic carbocycles. The van der Waals surface area contributed by atoms with Crippen molar-refractivity contribution in [1.82, 2.24) is 5.32 Å². The van der Waals surface area contributed by atoms with Crippen molar-refractivity contribution < 1.29 is 19.5 Å². The average Bonchev–Trinajstić information content (AvgIpc) is 2.50. The average molecular weight is 327 g/mol. The van der Waals surface area contributed by atoms with E-state index in [0.29, 0.717) is 6.42 Å². The van der Waals surface area contributed by atoms with Crippen LogP contribution in [0.2, 0.25) is 0 Å². The molecule has 0 aliphatic rings. The first-order valence-electron chi connectivity index (χ1n) is 7.85. The molecule has 1 atom stereocenters. The van der Waals surface area contributed by atoms with Gasteiger partial charge in [0, 0.05) is 6.42 Å². The molecule has 126 valence electrons. The van der Waals surface area contributed by atoms with Gasteiger partial charge in [0.2, 0.25) is 5.91 Å². The number of hydrogen-bond donors (Lipinski definition) is 3. The second-order valence-corrected chi connectivity index (χ2v) is 5.81. The van der Waals surface area contributed by atoms with Crippen LogP contribution in [0, 0.1) is 13.8 Å². The first kappa shape index (κ1) is 18.2. The summed E-state index contributed by atoms with van der Waals surface area (Å²) in [6.07, 6.45) is -0.262. The SMILES string of the molecule is Cc1ccc(C[C@H](NC(=O)Cc2ccccc2)OB(O)O)c(C)c1. The Balaban J connectivity index is 2.03. The van der Waals surface area contributed by atoms with E-state index in [9.17, 15) is 4.79 Å². The summed E-state index contributed by atoms with van der Waals surface area (Å²) in [5.74, 6) is -0.239. The number of aryl methyl sites for hydroxylation is 2. The molecule has 0 heterocycles. The molecule has 6 heteroatoms. The van der Waals surface area contributed by atoms with E-state index in [0.717, 1.165) is 22.3 Å². The molecule has 2 aromatic carbocycles. The zero-order valence-electron chi connectivity index (χ0n) is 13.9. The Bertz CT molecular complexity index is 676. The van der Waals surface area contributed by atoms with E-state index < -0.39 is 13.5 Å². The topological polar surface area (TPSA) is 78.8 Å². The summed E-state index contributed by atoms with van der Waals surface area (Å²) >= 11 is 0. The summed E-state index contributed by atoms with van der Waals surface area (Å²) < 4.78 is 5.03. The maximum absolute atomic E-state index is 12.2. The minimum atomic E-state index is -1.95. The molecule has 0 aromatic heterocycles. The van der Waals surface area contributed by atoms with Gasteiger partial charge in [0.05, 0.1) is 6.42 Å². The van der Waals surface area contributed by atoms with Gasteiger partial charge in [-0.15, -0.1) is 0 Å². The molecule has 0 aliphatic heterocycles. The summed E-state index contributed by atoms with van der Waals surface area (Å²) in [7, 11) is -1.95. The smallest absolute Gasteiger partial charge is 0.402 e. The fourth-order valence-electron chi connectivity index (χ4n) is 2.57. The molecule has 1 amide bonds. The molecule has 5 nitrogen and oxygen atoms in total. The Labute approximate surface area is 142 Å².